The van der Waals surface area contributed by atoms with Gasteiger partial charge in [0.15, 0.2) is 5.76 Å². The number of unbranched alkanes of at least 4 members (excludes halogenated alkanes) is 2. The van der Waals surface area contributed by atoms with Crippen LogP contribution in [0.5, 0.6) is 0 Å². The predicted octanol–water partition coefficient (Wildman–Crippen LogP) is 4.49. The van der Waals surface area contributed by atoms with E-state index in [4.69, 9.17) is 19.0 Å². The van der Waals surface area contributed by atoms with E-state index in [1.165, 1.54) is 17.2 Å². The van der Waals surface area contributed by atoms with Crippen LogP contribution >= 0.6 is 7.60 Å². The lowest BCUT2D eigenvalue weighted by Crippen LogP contribution is -2.48. The molecule has 254 valence electrons. The van der Waals surface area contributed by atoms with E-state index in [0.29, 0.717) is 36.1 Å². The van der Waals surface area contributed by atoms with Gasteiger partial charge in [-0.25, -0.2) is 5.06 Å². The van der Waals surface area contributed by atoms with Crippen LogP contribution < -0.4 is 16.0 Å². The smallest absolute Gasteiger partial charge is 0.344 e. The molecule has 0 spiro atoms. The lowest BCUT2D eigenvalue weighted by Gasteiger charge is -2.32. The first-order valence-electron chi connectivity index (χ1n) is 15.5. The second-order valence-corrected chi connectivity index (χ2v) is 12.7. The molecule has 47 heavy (non-hydrogen) atoms. The molecule has 13 nitrogen and oxygen atoms in total. The van der Waals surface area contributed by atoms with Crippen LogP contribution in [-0.4, -0.2) is 58.0 Å². The number of amides is 4. The Morgan fingerprint density at radius 3 is 2.36 bits per heavy atom. The summed E-state index contributed by atoms with van der Waals surface area (Å²) in [6.07, 6.45) is 3.53. The van der Waals surface area contributed by atoms with Crippen LogP contribution in [0.15, 0.2) is 65.1 Å². The van der Waals surface area contributed by atoms with E-state index in [0.717, 1.165) is 24.8 Å². The van der Waals surface area contributed by atoms with Gasteiger partial charge in [0, 0.05) is 11.1 Å². The Morgan fingerprint density at radius 2 is 1.72 bits per heavy atom. The summed E-state index contributed by atoms with van der Waals surface area (Å²) in [5.74, 6) is -1.71. The average Bonchev–Trinajstić information content (AvgIpc) is 3.55. The largest absolute Gasteiger partial charge is 0.451 e. The Hall–Kier alpha value is -4.29. The number of aryl methyl sites for hydroxylation is 1. The van der Waals surface area contributed by atoms with Gasteiger partial charge in [-0.15, -0.1) is 0 Å². The number of hydrogen-bond acceptors (Lipinski definition) is 7. The summed E-state index contributed by atoms with van der Waals surface area (Å²) in [6, 6.07) is 16.7. The molecule has 0 aliphatic rings. The van der Waals surface area contributed by atoms with Gasteiger partial charge in [0.05, 0.1) is 18.6 Å². The summed E-state index contributed by atoms with van der Waals surface area (Å²) in [5.41, 5.74) is 2.24. The SMILES string of the molecule is CCCCC[C@@H](C(=O)NCNC(=O)c1ccc(-c2ccc(C(=O)NCP(=O)(O)O)c(C)c2)o1)[C@@H](CC)N(C=O)OCc1ccccc1. The molecule has 3 rings (SSSR count). The number of nitrogens with one attached hydrogen (secondary N) is 3. The molecule has 0 aliphatic heterocycles. The Morgan fingerprint density at radius 1 is 0.979 bits per heavy atom. The number of furan rings is 1. The molecule has 3 aromatic rings. The number of carbonyl (C=O) groups is 4. The van der Waals surface area contributed by atoms with Gasteiger partial charge in [-0.05, 0) is 55.2 Å². The van der Waals surface area contributed by atoms with E-state index in [1.54, 1.807) is 25.1 Å². The third-order valence-electron chi connectivity index (χ3n) is 7.53. The quantitative estimate of drug-likeness (QED) is 0.0403. The van der Waals surface area contributed by atoms with E-state index in [2.05, 4.69) is 22.9 Å². The first-order chi connectivity index (χ1) is 22.5. The maximum atomic E-state index is 13.4. The summed E-state index contributed by atoms with van der Waals surface area (Å²) >= 11 is 0. The van der Waals surface area contributed by atoms with Gasteiger partial charge in [0.1, 0.15) is 18.7 Å². The zero-order chi connectivity index (χ0) is 34.4. The van der Waals surface area contributed by atoms with Crippen molar-refractivity contribution >= 4 is 31.7 Å². The number of nitrogens with zero attached hydrogens (tertiary/aromatic N) is 1. The van der Waals surface area contributed by atoms with Crippen LogP contribution in [-0.2, 0) is 25.6 Å². The standard InChI is InChI=1S/C33H43N4O9P/c1-4-6-8-13-27(28(5-2)37(22-38)45-19-24-11-9-7-10-12-24)32(40)34-20-35-33(41)30-17-16-29(46-30)25-14-15-26(23(3)18-25)31(39)36-21-47(42,43)44/h7,9-12,14-18,22,27-28H,4-6,8,13,19-21H2,1-3H3,(H,34,40)(H,35,41)(H,36,39)(H2,42,43,44)/t27-,28-/m1/s1. The maximum absolute atomic E-state index is 13.4. The lowest BCUT2D eigenvalue weighted by molar-refractivity contribution is -0.200. The molecule has 0 fully saturated rings. The van der Waals surface area contributed by atoms with Crippen LogP contribution in [0, 0.1) is 12.8 Å². The zero-order valence-corrected chi connectivity index (χ0v) is 27.7. The van der Waals surface area contributed by atoms with Crippen LogP contribution in [0.4, 0.5) is 0 Å². The number of benzene rings is 2. The lowest BCUT2D eigenvalue weighted by atomic mass is 9.90. The highest BCUT2D eigenvalue weighted by Crippen LogP contribution is 2.32. The van der Waals surface area contributed by atoms with E-state index >= 15 is 0 Å². The van der Waals surface area contributed by atoms with Crippen molar-refractivity contribution in [1.29, 1.82) is 0 Å². The molecule has 0 saturated heterocycles. The molecule has 0 unspecified atom stereocenters. The van der Waals surface area contributed by atoms with Crippen molar-refractivity contribution in [3.05, 3.63) is 83.1 Å². The van der Waals surface area contributed by atoms with E-state index in [9.17, 15) is 23.7 Å². The summed E-state index contributed by atoms with van der Waals surface area (Å²) in [5, 5.41) is 8.81. The van der Waals surface area contributed by atoms with Crippen LogP contribution in [0.2, 0.25) is 0 Å². The number of rotatable bonds is 19. The summed E-state index contributed by atoms with van der Waals surface area (Å²) in [7, 11) is -4.40. The highest BCUT2D eigenvalue weighted by atomic mass is 31.2. The topological polar surface area (TPSA) is 188 Å². The van der Waals surface area contributed by atoms with Crippen molar-refractivity contribution in [3.63, 3.8) is 0 Å². The van der Waals surface area contributed by atoms with Crippen LogP contribution in [0.25, 0.3) is 11.3 Å². The van der Waals surface area contributed by atoms with Gasteiger partial charge < -0.3 is 30.2 Å². The van der Waals surface area contributed by atoms with Crippen LogP contribution in [0.3, 0.4) is 0 Å². The summed E-state index contributed by atoms with van der Waals surface area (Å²) < 4.78 is 16.8. The Bertz CT molecular complexity index is 1540. The normalized spacial score (nSPS) is 12.5. The van der Waals surface area contributed by atoms with Crippen molar-refractivity contribution in [2.24, 2.45) is 5.92 Å². The highest BCUT2D eigenvalue weighted by Gasteiger charge is 2.32. The molecule has 0 saturated carbocycles. The van der Waals surface area contributed by atoms with Gasteiger partial charge >= 0.3 is 7.60 Å². The molecule has 14 heteroatoms. The fourth-order valence-electron chi connectivity index (χ4n) is 5.07. The Balaban J connectivity index is 1.61. The molecular weight excluding hydrogens is 627 g/mol. The number of hydrogen-bond donors (Lipinski definition) is 5. The molecular formula is C33H43N4O9P. The first kappa shape index (κ1) is 37.2. The van der Waals surface area contributed by atoms with E-state index in [1.807, 2.05) is 37.3 Å². The van der Waals surface area contributed by atoms with E-state index in [-0.39, 0.29) is 30.5 Å². The minimum absolute atomic E-state index is 0.00254. The van der Waals surface area contributed by atoms with Gasteiger partial charge in [0.25, 0.3) is 11.8 Å². The molecule has 5 N–H and O–H groups in total. The van der Waals surface area contributed by atoms with Crippen molar-refractivity contribution in [3.8, 4) is 11.3 Å². The molecule has 2 aromatic carbocycles. The molecule has 1 aromatic heterocycles. The molecule has 4 amide bonds. The highest BCUT2D eigenvalue weighted by molar-refractivity contribution is 7.51. The molecule has 0 bridgehead atoms. The fourth-order valence-corrected chi connectivity index (χ4v) is 5.42. The maximum Gasteiger partial charge on any atom is 0.344 e. The predicted molar refractivity (Wildman–Crippen MR) is 175 cm³/mol. The van der Waals surface area contributed by atoms with Gasteiger partial charge in [0.2, 0.25) is 12.3 Å². The first-order valence-corrected chi connectivity index (χ1v) is 17.3. The fraction of sp³-hybridized carbons (Fsp3) is 0.394. The minimum Gasteiger partial charge on any atom is -0.451 e. The van der Waals surface area contributed by atoms with Crippen molar-refractivity contribution < 1.29 is 42.8 Å². The summed E-state index contributed by atoms with van der Waals surface area (Å²) in [4.78, 5) is 74.4. The zero-order valence-electron chi connectivity index (χ0n) is 26.8. The third kappa shape index (κ3) is 11.5. The van der Waals surface area contributed by atoms with Gasteiger partial charge in [-0.2, -0.15) is 0 Å². The van der Waals surface area contributed by atoms with Gasteiger partial charge in [-0.1, -0.05) is 69.5 Å². The molecule has 0 radical (unpaired) electrons. The Kier molecular flexibility index (Phi) is 14.4. The monoisotopic (exact) mass is 670 g/mol. The van der Waals surface area contributed by atoms with E-state index < -0.39 is 37.7 Å². The summed E-state index contributed by atoms with van der Waals surface area (Å²) in [6.45, 7) is 5.63. The Labute approximate surface area is 274 Å². The number of hydroxylamine groups is 2. The van der Waals surface area contributed by atoms with Gasteiger partial charge in [-0.3, -0.25) is 28.6 Å². The van der Waals surface area contributed by atoms with Crippen molar-refractivity contribution in [2.75, 3.05) is 13.0 Å². The second kappa shape index (κ2) is 18.2. The van der Waals surface area contributed by atoms with Crippen molar-refractivity contribution in [1.82, 2.24) is 21.0 Å². The third-order valence-corrected chi connectivity index (χ3v) is 8.10. The second-order valence-electron chi connectivity index (χ2n) is 11.0. The van der Waals surface area contributed by atoms with Crippen LogP contribution in [0.1, 0.15) is 78.0 Å². The molecule has 1 heterocycles. The molecule has 2 atom stereocenters. The minimum atomic E-state index is -4.40. The average molecular weight is 671 g/mol. The molecule has 0 aliphatic carbocycles. The number of carbonyl (C=O) groups excluding carboxylic acids is 4. The van der Waals surface area contributed by atoms with Crippen molar-refractivity contribution in [2.45, 2.75) is 65.5 Å².